The number of rotatable bonds is 5. The topological polar surface area (TPSA) is 55.6 Å². The number of amides is 1. The van der Waals surface area contributed by atoms with E-state index < -0.39 is 0 Å². The first-order valence-electron chi connectivity index (χ1n) is 7.70. The van der Waals surface area contributed by atoms with Crippen molar-refractivity contribution in [3.8, 4) is 0 Å². The summed E-state index contributed by atoms with van der Waals surface area (Å²) in [4.78, 5) is 14.2. The molecule has 4 nitrogen and oxygen atoms in total. The summed E-state index contributed by atoms with van der Waals surface area (Å²) in [5, 5.41) is 0. The summed E-state index contributed by atoms with van der Waals surface area (Å²) in [6, 6.07) is -0.340. The van der Waals surface area contributed by atoms with Crippen molar-refractivity contribution in [1.82, 2.24) is 4.90 Å². The Morgan fingerprint density at radius 1 is 1.26 bits per heavy atom. The summed E-state index contributed by atoms with van der Waals surface area (Å²) in [7, 11) is 1.68. The van der Waals surface area contributed by atoms with Crippen LogP contribution in [-0.4, -0.2) is 43.7 Å². The van der Waals surface area contributed by atoms with Crippen molar-refractivity contribution in [1.29, 1.82) is 0 Å². The quantitative estimate of drug-likeness (QED) is 0.775. The standard InChI is InChI=1S/C15H28N2O2/c1-19-12-4-5-13(16)14(18)17-10-8-15(9-11-17)6-2-3-7-15/h13H,2-12,16H2,1H3. The van der Waals surface area contributed by atoms with Gasteiger partial charge >= 0.3 is 0 Å². The Kier molecular flexibility index (Phi) is 5.22. The summed E-state index contributed by atoms with van der Waals surface area (Å²) in [5.74, 6) is 0.143. The molecule has 4 heteroatoms. The lowest BCUT2D eigenvalue weighted by atomic mass is 9.77. The third-order valence-electron chi connectivity index (χ3n) is 4.98. The Morgan fingerprint density at radius 3 is 2.47 bits per heavy atom. The first-order valence-corrected chi connectivity index (χ1v) is 7.70. The predicted molar refractivity (Wildman–Crippen MR) is 75.8 cm³/mol. The minimum absolute atomic E-state index is 0.143. The maximum Gasteiger partial charge on any atom is 0.239 e. The lowest BCUT2D eigenvalue weighted by Crippen LogP contribution is -2.49. The molecule has 1 spiro atoms. The molecule has 2 aliphatic rings. The van der Waals surface area contributed by atoms with Gasteiger partial charge in [0.2, 0.25) is 5.91 Å². The molecule has 2 fully saturated rings. The maximum atomic E-state index is 12.3. The second-order valence-electron chi connectivity index (χ2n) is 6.27. The van der Waals surface area contributed by atoms with Gasteiger partial charge in [-0.15, -0.1) is 0 Å². The fourth-order valence-electron chi connectivity index (χ4n) is 3.63. The Labute approximate surface area is 116 Å². The number of methoxy groups -OCH3 is 1. The van der Waals surface area contributed by atoms with Crippen LogP contribution in [0.4, 0.5) is 0 Å². The van der Waals surface area contributed by atoms with Gasteiger partial charge in [-0.25, -0.2) is 0 Å². The molecular formula is C15H28N2O2. The first kappa shape index (κ1) is 14.8. The zero-order valence-corrected chi connectivity index (χ0v) is 12.2. The van der Waals surface area contributed by atoms with E-state index in [1.807, 2.05) is 4.90 Å². The zero-order chi connectivity index (χ0) is 13.7. The number of ether oxygens (including phenoxy) is 1. The van der Waals surface area contributed by atoms with Gasteiger partial charge in [0.25, 0.3) is 0 Å². The van der Waals surface area contributed by atoms with Gasteiger partial charge in [0.15, 0.2) is 0 Å². The van der Waals surface area contributed by atoms with E-state index in [0.717, 1.165) is 25.9 Å². The van der Waals surface area contributed by atoms with Gasteiger partial charge in [0.05, 0.1) is 6.04 Å². The molecule has 1 atom stereocenters. The van der Waals surface area contributed by atoms with E-state index in [0.29, 0.717) is 12.0 Å². The number of nitrogens with zero attached hydrogens (tertiary/aromatic N) is 1. The van der Waals surface area contributed by atoms with Crippen LogP contribution in [-0.2, 0) is 9.53 Å². The molecule has 2 N–H and O–H groups in total. The molecule has 1 saturated heterocycles. The Balaban J connectivity index is 1.75. The highest BCUT2D eigenvalue weighted by Gasteiger charge is 2.38. The van der Waals surface area contributed by atoms with Crippen LogP contribution in [0.3, 0.4) is 0 Å². The van der Waals surface area contributed by atoms with Crippen molar-refractivity contribution in [3.63, 3.8) is 0 Å². The highest BCUT2D eigenvalue weighted by Crippen LogP contribution is 2.46. The molecule has 1 aliphatic heterocycles. The van der Waals surface area contributed by atoms with Gasteiger partial charge in [-0.3, -0.25) is 4.79 Å². The van der Waals surface area contributed by atoms with Crippen molar-refractivity contribution < 1.29 is 9.53 Å². The van der Waals surface area contributed by atoms with Gasteiger partial charge in [-0.2, -0.15) is 0 Å². The smallest absolute Gasteiger partial charge is 0.239 e. The van der Waals surface area contributed by atoms with E-state index in [2.05, 4.69) is 0 Å². The molecule has 1 heterocycles. The summed E-state index contributed by atoms with van der Waals surface area (Å²) >= 11 is 0. The van der Waals surface area contributed by atoms with Crippen LogP contribution in [0.5, 0.6) is 0 Å². The second kappa shape index (κ2) is 6.71. The molecular weight excluding hydrogens is 240 g/mol. The first-order chi connectivity index (χ1) is 9.17. The number of likely N-dealkylation sites (tertiary alicyclic amines) is 1. The van der Waals surface area contributed by atoms with Crippen molar-refractivity contribution in [2.24, 2.45) is 11.1 Å². The average Bonchev–Trinajstić information content (AvgIpc) is 2.87. The third-order valence-corrected chi connectivity index (χ3v) is 4.98. The number of carbonyl (C=O) groups is 1. The van der Waals surface area contributed by atoms with Crippen molar-refractivity contribution in [2.45, 2.75) is 57.4 Å². The molecule has 0 aromatic carbocycles. The van der Waals surface area contributed by atoms with Crippen LogP contribution in [0, 0.1) is 5.41 Å². The van der Waals surface area contributed by atoms with Gasteiger partial charge in [-0.05, 0) is 43.9 Å². The van der Waals surface area contributed by atoms with E-state index in [4.69, 9.17) is 10.5 Å². The van der Waals surface area contributed by atoms with E-state index >= 15 is 0 Å². The minimum atomic E-state index is -0.340. The number of hydrogen-bond acceptors (Lipinski definition) is 3. The third kappa shape index (κ3) is 3.69. The van der Waals surface area contributed by atoms with Crippen LogP contribution < -0.4 is 5.73 Å². The second-order valence-corrected chi connectivity index (χ2v) is 6.27. The Hall–Kier alpha value is -0.610. The summed E-state index contributed by atoms with van der Waals surface area (Å²) < 4.78 is 5.00. The van der Waals surface area contributed by atoms with Gasteiger partial charge in [0.1, 0.15) is 0 Å². The molecule has 1 unspecified atom stereocenters. The lowest BCUT2D eigenvalue weighted by molar-refractivity contribution is -0.135. The van der Waals surface area contributed by atoms with E-state index in [-0.39, 0.29) is 11.9 Å². The van der Waals surface area contributed by atoms with Gasteiger partial charge in [-0.1, -0.05) is 12.8 Å². The SMILES string of the molecule is COCCCC(N)C(=O)N1CCC2(CCCC2)CC1. The molecule has 19 heavy (non-hydrogen) atoms. The summed E-state index contributed by atoms with van der Waals surface area (Å²) in [5.41, 5.74) is 6.55. The molecule has 0 bridgehead atoms. The largest absolute Gasteiger partial charge is 0.385 e. The molecule has 0 aromatic rings. The fraction of sp³-hybridized carbons (Fsp3) is 0.933. The highest BCUT2D eigenvalue weighted by molar-refractivity contribution is 5.81. The molecule has 1 saturated carbocycles. The lowest BCUT2D eigenvalue weighted by Gasteiger charge is -2.40. The molecule has 110 valence electrons. The Morgan fingerprint density at radius 2 is 1.89 bits per heavy atom. The maximum absolute atomic E-state index is 12.3. The zero-order valence-electron chi connectivity index (χ0n) is 12.2. The predicted octanol–water partition coefficient (Wildman–Crippen LogP) is 1.92. The Bertz CT molecular complexity index is 291. The molecule has 2 rings (SSSR count). The van der Waals surface area contributed by atoms with Crippen LogP contribution in [0.2, 0.25) is 0 Å². The number of nitrogens with two attached hydrogens (primary N) is 1. The van der Waals surface area contributed by atoms with E-state index in [1.54, 1.807) is 7.11 Å². The summed E-state index contributed by atoms with van der Waals surface area (Å²) in [6.45, 7) is 2.51. The number of hydrogen-bond donors (Lipinski definition) is 1. The summed E-state index contributed by atoms with van der Waals surface area (Å²) in [6.07, 6.45) is 9.46. The minimum Gasteiger partial charge on any atom is -0.385 e. The van der Waals surface area contributed by atoms with Gasteiger partial charge in [0, 0.05) is 26.8 Å². The van der Waals surface area contributed by atoms with Crippen LogP contribution >= 0.6 is 0 Å². The molecule has 1 amide bonds. The molecule has 0 aromatic heterocycles. The van der Waals surface area contributed by atoms with Gasteiger partial charge < -0.3 is 15.4 Å². The van der Waals surface area contributed by atoms with Crippen LogP contribution in [0.25, 0.3) is 0 Å². The monoisotopic (exact) mass is 268 g/mol. The number of carbonyl (C=O) groups excluding carboxylic acids is 1. The van der Waals surface area contributed by atoms with E-state index in [9.17, 15) is 4.79 Å². The highest BCUT2D eigenvalue weighted by atomic mass is 16.5. The van der Waals surface area contributed by atoms with Crippen molar-refractivity contribution in [3.05, 3.63) is 0 Å². The number of piperidine rings is 1. The van der Waals surface area contributed by atoms with Crippen molar-refractivity contribution in [2.75, 3.05) is 26.8 Å². The van der Waals surface area contributed by atoms with Crippen LogP contribution in [0.1, 0.15) is 51.4 Å². The normalized spacial score (nSPS) is 23.8. The van der Waals surface area contributed by atoms with Crippen molar-refractivity contribution >= 4 is 5.91 Å². The van der Waals surface area contributed by atoms with Crippen LogP contribution in [0.15, 0.2) is 0 Å². The molecule has 1 aliphatic carbocycles. The average molecular weight is 268 g/mol. The fourth-order valence-corrected chi connectivity index (χ4v) is 3.63. The van der Waals surface area contributed by atoms with E-state index in [1.165, 1.54) is 38.5 Å². The molecule has 0 radical (unpaired) electrons.